The molecule has 0 bridgehead atoms. The number of aryl methyl sites for hydroxylation is 2. The number of nitrogens with zero attached hydrogens (tertiary/aromatic N) is 2. The van der Waals surface area contributed by atoms with Crippen LogP contribution in [0.2, 0.25) is 0 Å². The maximum absolute atomic E-state index is 7.53. The molecule has 0 unspecified atom stereocenters. The van der Waals surface area contributed by atoms with Gasteiger partial charge in [0.2, 0.25) is 0 Å². The molecule has 98 valence electrons. The van der Waals surface area contributed by atoms with E-state index < -0.39 is 0 Å². The largest absolute Gasteiger partial charge is 0.384 e. The second kappa shape index (κ2) is 4.53. The first-order valence-electron chi connectivity index (χ1n) is 6.67. The lowest BCUT2D eigenvalue weighted by Crippen LogP contribution is -2.13. The first kappa shape index (κ1) is 12.0. The number of imidazole rings is 1. The average Bonchev–Trinajstić information content (AvgIpc) is 2.82. The fourth-order valence-corrected chi connectivity index (χ4v) is 2.79. The fourth-order valence-electron chi connectivity index (χ4n) is 2.79. The molecule has 0 spiro atoms. The van der Waals surface area contributed by atoms with Gasteiger partial charge in [-0.15, -0.1) is 0 Å². The molecule has 4 nitrogen and oxygen atoms in total. The minimum absolute atomic E-state index is 0.122. The molecule has 1 aliphatic carbocycles. The van der Waals surface area contributed by atoms with Gasteiger partial charge >= 0.3 is 0 Å². The molecular formula is C15H18N4. The number of rotatable bonds is 2. The Morgan fingerprint density at radius 3 is 2.84 bits per heavy atom. The zero-order chi connectivity index (χ0) is 13.4. The Bertz CT molecular complexity index is 640. The molecule has 0 fully saturated rings. The van der Waals surface area contributed by atoms with Gasteiger partial charge in [0.25, 0.3) is 0 Å². The first-order valence-corrected chi connectivity index (χ1v) is 6.67. The predicted octanol–water partition coefficient (Wildman–Crippen LogP) is 2.34. The van der Waals surface area contributed by atoms with E-state index in [1.807, 2.05) is 25.4 Å². The van der Waals surface area contributed by atoms with E-state index in [1.165, 1.54) is 24.2 Å². The summed E-state index contributed by atoms with van der Waals surface area (Å²) >= 11 is 0. The number of nitrogens with one attached hydrogen (secondary N) is 1. The summed E-state index contributed by atoms with van der Waals surface area (Å²) in [5.41, 5.74) is 11.1. The smallest absolute Gasteiger partial charge is 0.123 e. The number of hydrogen-bond acceptors (Lipinski definition) is 2. The Morgan fingerprint density at radius 1 is 1.32 bits per heavy atom. The van der Waals surface area contributed by atoms with Gasteiger partial charge < -0.3 is 10.3 Å². The van der Waals surface area contributed by atoms with Crippen molar-refractivity contribution in [2.75, 3.05) is 0 Å². The molecule has 1 heterocycles. The van der Waals surface area contributed by atoms with Crippen molar-refractivity contribution in [3.05, 3.63) is 47.0 Å². The van der Waals surface area contributed by atoms with Crippen LogP contribution in [0.25, 0.3) is 5.69 Å². The summed E-state index contributed by atoms with van der Waals surface area (Å²) in [6.45, 7) is 1.99. The molecule has 0 atom stereocenters. The quantitative estimate of drug-likeness (QED) is 0.638. The minimum atomic E-state index is 0.122. The van der Waals surface area contributed by atoms with E-state index in [0.717, 1.165) is 29.7 Å². The number of hydrogen-bond donors (Lipinski definition) is 2. The third-order valence-electron chi connectivity index (χ3n) is 3.81. The Labute approximate surface area is 112 Å². The second-order valence-electron chi connectivity index (χ2n) is 5.13. The first-order chi connectivity index (χ1) is 9.16. The van der Waals surface area contributed by atoms with Gasteiger partial charge in [-0.3, -0.25) is 5.41 Å². The van der Waals surface area contributed by atoms with Crippen molar-refractivity contribution in [1.29, 1.82) is 5.41 Å². The molecule has 0 radical (unpaired) electrons. The number of nitrogen functional groups attached to an aromatic ring is 1. The van der Waals surface area contributed by atoms with Crippen LogP contribution in [0, 0.1) is 12.3 Å². The summed E-state index contributed by atoms with van der Waals surface area (Å²) in [7, 11) is 0. The molecule has 1 aliphatic rings. The summed E-state index contributed by atoms with van der Waals surface area (Å²) in [6.07, 6.45) is 6.59. The van der Waals surface area contributed by atoms with Crippen molar-refractivity contribution in [2.24, 2.45) is 5.73 Å². The third-order valence-corrected chi connectivity index (χ3v) is 3.81. The zero-order valence-corrected chi connectivity index (χ0v) is 11.1. The maximum Gasteiger partial charge on any atom is 0.123 e. The van der Waals surface area contributed by atoms with E-state index >= 15 is 0 Å². The van der Waals surface area contributed by atoms with Gasteiger partial charge in [-0.05, 0) is 56.4 Å². The van der Waals surface area contributed by atoms with E-state index in [9.17, 15) is 0 Å². The van der Waals surface area contributed by atoms with E-state index in [2.05, 4.69) is 15.6 Å². The lowest BCUT2D eigenvalue weighted by Gasteiger charge is -2.15. The summed E-state index contributed by atoms with van der Waals surface area (Å²) in [4.78, 5) is 4.52. The SMILES string of the molecule is Cc1cc(-n2cnc3c2CCCC3)ccc1C(=N)N. The predicted molar refractivity (Wildman–Crippen MR) is 76.0 cm³/mol. The van der Waals surface area contributed by atoms with Crippen LogP contribution in [-0.4, -0.2) is 15.4 Å². The molecular weight excluding hydrogens is 236 g/mol. The van der Waals surface area contributed by atoms with Crippen LogP contribution in [0.1, 0.15) is 35.4 Å². The van der Waals surface area contributed by atoms with Crippen molar-refractivity contribution < 1.29 is 0 Å². The van der Waals surface area contributed by atoms with Gasteiger partial charge in [0.1, 0.15) is 5.84 Å². The highest BCUT2D eigenvalue weighted by atomic mass is 15.1. The van der Waals surface area contributed by atoms with Crippen LogP contribution in [0.15, 0.2) is 24.5 Å². The summed E-state index contributed by atoms with van der Waals surface area (Å²) in [5, 5.41) is 7.53. The zero-order valence-electron chi connectivity index (χ0n) is 11.1. The normalized spacial score (nSPS) is 14.2. The van der Waals surface area contributed by atoms with Crippen LogP contribution >= 0.6 is 0 Å². The minimum Gasteiger partial charge on any atom is -0.384 e. The van der Waals surface area contributed by atoms with Crippen molar-refractivity contribution >= 4 is 5.84 Å². The molecule has 4 heteroatoms. The highest BCUT2D eigenvalue weighted by Crippen LogP contribution is 2.24. The van der Waals surface area contributed by atoms with Crippen LogP contribution in [0.5, 0.6) is 0 Å². The van der Waals surface area contributed by atoms with Crippen molar-refractivity contribution in [3.8, 4) is 5.69 Å². The Morgan fingerprint density at radius 2 is 2.11 bits per heavy atom. The number of fused-ring (bicyclic) bond motifs is 1. The van der Waals surface area contributed by atoms with Crippen LogP contribution in [0.4, 0.5) is 0 Å². The van der Waals surface area contributed by atoms with E-state index in [1.54, 1.807) is 0 Å². The van der Waals surface area contributed by atoms with E-state index in [-0.39, 0.29) is 5.84 Å². The average molecular weight is 254 g/mol. The Hall–Kier alpha value is -2.10. The van der Waals surface area contributed by atoms with Crippen LogP contribution < -0.4 is 5.73 Å². The van der Waals surface area contributed by atoms with Gasteiger partial charge in [-0.1, -0.05) is 0 Å². The molecule has 2 aromatic rings. The molecule has 0 saturated heterocycles. The van der Waals surface area contributed by atoms with E-state index in [4.69, 9.17) is 11.1 Å². The Balaban J connectivity index is 2.05. The maximum atomic E-state index is 7.53. The molecule has 0 saturated carbocycles. The van der Waals surface area contributed by atoms with Crippen molar-refractivity contribution in [1.82, 2.24) is 9.55 Å². The monoisotopic (exact) mass is 254 g/mol. The number of benzene rings is 1. The van der Waals surface area contributed by atoms with Gasteiger partial charge in [0.15, 0.2) is 0 Å². The van der Waals surface area contributed by atoms with Gasteiger partial charge in [-0.25, -0.2) is 4.98 Å². The fraction of sp³-hybridized carbons (Fsp3) is 0.333. The van der Waals surface area contributed by atoms with Crippen molar-refractivity contribution in [3.63, 3.8) is 0 Å². The standard InChI is InChI=1S/C15H18N4/c1-10-8-11(6-7-12(10)15(16)17)19-9-18-13-4-2-3-5-14(13)19/h6-9H,2-5H2,1H3,(H3,16,17). The van der Waals surface area contributed by atoms with Gasteiger partial charge in [0, 0.05) is 16.9 Å². The highest BCUT2D eigenvalue weighted by molar-refractivity contribution is 5.96. The number of aromatic nitrogens is 2. The number of nitrogens with two attached hydrogens (primary N) is 1. The third kappa shape index (κ3) is 2.03. The molecule has 0 aliphatic heterocycles. The Kier molecular flexibility index (Phi) is 2.85. The van der Waals surface area contributed by atoms with Crippen LogP contribution in [0.3, 0.4) is 0 Å². The van der Waals surface area contributed by atoms with Gasteiger partial charge in [-0.2, -0.15) is 0 Å². The van der Waals surface area contributed by atoms with E-state index in [0.29, 0.717) is 0 Å². The molecule has 19 heavy (non-hydrogen) atoms. The second-order valence-corrected chi connectivity index (χ2v) is 5.13. The topological polar surface area (TPSA) is 67.7 Å². The molecule has 1 aromatic heterocycles. The van der Waals surface area contributed by atoms with Gasteiger partial charge in [0.05, 0.1) is 12.0 Å². The lowest BCUT2D eigenvalue weighted by atomic mass is 10.0. The van der Waals surface area contributed by atoms with Crippen molar-refractivity contribution in [2.45, 2.75) is 32.6 Å². The molecule has 3 N–H and O–H groups in total. The summed E-state index contributed by atoms with van der Waals surface area (Å²) in [6, 6.07) is 6.01. The van der Waals surface area contributed by atoms with Crippen LogP contribution in [-0.2, 0) is 12.8 Å². The molecule has 1 aromatic carbocycles. The lowest BCUT2D eigenvalue weighted by molar-refractivity contribution is 0.656. The molecule has 0 amide bonds. The summed E-state index contributed by atoms with van der Waals surface area (Å²) < 4.78 is 2.17. The summed E-state index contributed by atoms with van der Waals surface area (Å²) in [5.74, 6) is 0.122. The molecule has 3 rings (SSSR count). The number of amidine groups is 1. The highest BCUT2D eigenvalue weighted by Gasteiger charge is 2.16.